The van der Waals surface area contributed by atoms with Gasteiger partial charge in [0.05, 0.1) is 5.41 Å². The molecule has 2 heterocycles. The molecule has 2 aromatic heterocycles. The van der Waals surface area contributed by atoms with Crippen molar-refractivity contribution in [1.82, 2.24) is 0 Å². The Balaban J connectivity index is 0.887. The first-order valence-corrected chi connectivity index (χ1v) is 25.6. The molecule has 0 radical (unpaired) electrons. The smallest absolute Gasteiger partial charge is 0.0713 e. The SMILES string of the molecule is c1ccc(C2(c3ccccc3)c3ccccc3-c3cc(N(c4ccc(-c5ccc(-c6ccc7sc8ccccc8c7c6)cc5)cc4)c4cccc(-c5ccc6sc7ccccc7c6c5)c4)ccc32)cc1. The third-order valence-electron chi connectivity index (χ3n) is 14.6. The van der Waals surface area contributed by atoms with Gasteiger partial charge in [0.25, 0.3) is 0 Å². The van der Waals surface area contributed by atoms with Gasteiger partial charge in [-0.25, -0.2) is 0 Å². The van der Waals surface area contributed by atoms with Crippen LogP contribution in [0.3, 0.4) is 0 Å². The Bertz CT molecular complexity index is 4070. The van der Waals surface area contributed by atoms with Gasteiger partial charge in [-0.1, -0.05) is 188 Å². The van der Waals surface area contributed by atoms with Gasteiger partial charge in [-0.3, -0.25) is 0 Å². The quantitative estimate of drug-likeness (QED) is 0.147. The molecule has 328 valence electrons. The van der Waals surface area contributed by atoms with Crippen molar-refractivity contribution in [2.24, 2.45) is 0 Å². The summed E-state index contributed by atoms with van der Waals surface area (Å²) in [5.41, 5.74) is 17.7. The number of thiophene rings is 2. The Kier molecular flexibility index (Phi) is 9.55. The van der Waals surface area contributed by atoms with Crippen LogP contribution in [-0.4, -0.2) is 0 Å². The molecule has 70 heavy (non-hydrogen) atoms. The van der Waals surface area contributed by atoms with Gasteiger partial charge in [0, 0.05) is 57.4 Å². The van der Waals surface area contributed by atoms with Crippen LogP contribution in [0.25, 0.3) is 84.9 Å². The maximum absolute atomic E-state index is 2.44. The molecular formula is C67H43NS2. The lowest BCUT2D eigenvalue weighted by Crippen LogP contribution is -2.28. The lowest BCUT2D eigenvalue weighted by molar-refractivity contribution is 0.768. The molecule has 0 spiro atoms. The highest BCUT2D eigenvalue weighted by Crippen LogP contribution is 2.57. The van der Waals surface area contributed by atoms with Gasteiger partial charge in [-0.2, -0.15) is 0 Å². The third-order valence-corrected chi connectivity index (χ3v) is 16.9. The van der Waals surface area contributed by atoms with Crippen LogP contribution >= 0.6 is 22.7 Å². The molecule has 14 rings (SSSR count). The Hall–Kier alpha value is -8.34. The van der Waals surface area contributed by atoms with Crippen molar-refractivity contribution in [2.45, 2.75) is 5.41 Å². The van der Waals surface area contributed by atoms with Crippen LogP contribution in [-0.2, 0) is 5.41 Å². The van der Waals surface area contributed by atoms with Crippen LogP contribution in [0.15, 0.2) is 261 Å². The van der Waals surface area contributed by atoms with Crippen molar-refractivity contribution in [3.63, 3.8) is 0 Å². The zero-order valence-corrected chi connectivity index (χ0v) is 39.7. The third kappa shape index (κ3) is 6.50. The second-order valence-corrected chi connectivity index (χ2v) is 20.6. The highest BCUT2D eigenvalue weighted by molar-refractivity contribution is 7.26. The first-order chi connectivity index (χ1) is 34.7. The molecular weight excluding hydrogens is 883 g/mol. The van der Waals surface area contributed by atoms with E-state index < -0.39 is 5.41 Å². The predicted octanol–water partition coefficient (Wildman–Crippen LogP) is 19.3. The molecule has 0 amide bonds. The molecule has 0 aliphatic heterocycles. The number of anilines is 3. The number of hydrogen-bond donors (Lipinski definition) is 0. The van der Waals surface area contributed by atoms with Gasteiger partial charge in [0.1, 0.15) is 0 Å². The Morgan fingerprint density at radius 1 is 0.257 bits per heavy atom. The van der Waals surface area contributed by atoms with E-state index in [1.807, 2.05) is 22.7 Å². The van der Waals surface area contributed by atoms with Crippen LogP contribution in [0.1, 0.15) is 22.3 Å². The summed E-state index contributed by atoms with van der Waals surface area (Å²) >= 11 is 3.72. The molecule has 0 fully saturated rings. The topological polar surface area (TPSA) is 3.24 Å². The molecule has 11 aromatic carbocycles. The van der Waals surface area contributed by atoms with Crippen LogP contribution in [0.5, 0.6) is 0 Å². The van der Waals surface area contributed by atoms with Crippen molar-refractivity contribution in [2.75, 3.05) is 4.90 Å². The number of rotatable bonds is 8. The maximum atomic E-state index is 2.44. The van der Waals surface area contributed by atoms with Crippen molar-refractivity contribution in [3.05, 3.63) is 283 Å². The molecule has 0 saturated heterocycles. The van der Waals surface area contributed by atoms with E-state index in [0.29, 0.717) is 0 Å². The summed E-state index contributed by atoms with van der Waals surface area (Å²) < 4.78 is 5.29. The first kappa shape index (κ1) is 40.7. The summed E-state index contributed by atoms with van der Waals surface area (Å²) in [7, 11) is 0. The Labute approximate surface area is 415 Å². The molecule has 0 bridgehead atoms. The summed E-state index contributed by atoms with van der Waals surface area (Å²) in [5, 5.41) is 5.27. The number of benzene rings is 11. The van der Waals surface area contributed by atoms with Gasteiger partial charge in [0.15, 0.2) is 0 Å². The normalized spacial score (nSPS) is 12.7. The standard InChI is InChI=1S/C67H43NS2/c1-3-15-50(16-4-1)67(51-17-5-2-6-18-51)61-23-10-7-20-55(61)58-43-54(36-37-62(58)67)68(53-19-13-14-47(40-53)49-33-39-66-60(42-49)57-22-9-12-25-64(57)70-66)52-34-30-45(31-35-52)44-26-28-46(29-27-44)48-32-38-65-59(41-48)56-21-8-11-24-63(56)69-65/h1-43H. The van der Waals surface area contributed by atoms with Crippen LogP contribution in [0.4, 0.5) is 17.1 Å². The van der Waals surface area contributed by atoms with Gasteiger partial charge < -0.3 is 4.90 Å². The summed E-state index contributed by atoms with van der Waals surface area (Å²) in [6, 6.07) is 96.8. The summed E-state index contributed by atoms with van der Waals surface area (Å²) in [4.78, 5) is 2.44. The molecule has 1 aliphatic rings. The van der Waals surface area contributed by atoms with E-state index in [9.17, 15) is 0 Å². The zero-order valence-electron chi connectivity index (χ0n) is 38.1. The van der Waals surface area contributed by atoms with E-state index in [-0.39, 0.29) is 0 Å². The lowest BCUT2D eigenvalue weighted by atomic mass is 9.68. The van der Waals surface area contributed by atoms with Crippen molar-refractivity contribution in [3.8, 4) is 44.5 Å². The molecule has 13 aromatic rings. The molecule has 1 aliphatic carbocycles. The van der Waals surface area contributed by atoms with E-state index in [1.165, 1.54) is 107 Å². The van der Waals surface area contributed by atoms with Gasteiger partial charge >= 0.3 is 0 Å². The van der Waals surface area contributed by atoms with Crippen molar-refractivity contribution in [1.29, 1.82) is 0 Å². The van der Waals surface area contributed by atoms with Crippen molar-refractivity contribution >= 4 is 80.1 Å². The minimum Gasteiger partial charge on any atom is -0.310 e. The molecule has 0 saturated carbocycles. The second kappa shape index (κ2) is 16.4. The second-order valence-electron chi connectivity index (χ2n) is 18.4. The molecule has 0 N–H and O–H groups in total. The van der Waals surface area contributed by atoms with Crippen LogP contribution < -0.4 is 4.90 Å². The fourth-order valence-corrected chi connectivity index (χ4v) is 13.5. The first-order valence-electron chi connectivity index (χ1n) is 24.0. The highest BCUT2D eigenvalue weighted by Gasteiger charge is 2.46. The van der Waals surface area contributed by atoms with Crippen molar-refractivity contribution < 1.29 is 0 Å². The van der Waals surface area contributed by atoms with E-state index in [4.69, 9.17) is 0 Å². The summed E-state index contributed by atoms with van der Waals surface area (Å²) in [6.07, 6.45) is 0. The van der Waals surface area contributed by atoms with E-state index in [2.05, 4.69) is 266 Å². The van der Waals surface area contributed by atoms with Gasteiger partial charge in [0.2, 0.25) is 0 Å². The number of hydrogen-bond acceptors (Lipinski definition) is 3. The van der Waals surface area contributed by atoms with Crippen LogP contribution in [0, 0.1) is 0 Å². The summed E-state index contributed by atoms with van der Waals surface area (Å²) in [5.74, 6) is 0. The van der Waals surface area contributed by atoms with E-state index in [0.717, 1.165) is 17.1 Å². The zero-order chi connectivity index (χ0) is 46.2. The lowest BCUT2D eigenvalue weighted by Gasteiger charge is -2.34. The number of nitrogens with zero attached hydrogens (tertiary/aromatic N) is 1. The van der Waals surface area contributed by atoms with E-state index >= 15 is 0 Å². The Morgan fingerprint density at radius 3 is 1.33 bits per heavy atom. The molecule has 1 nitrogen and oxygen atoms in total. The fraction of sp³-hybridized carbons (Fsp3) is 0.0149. The predicted molar refractivity (Wildman–Crippen MR) is 301 cm³/mol. The van der Waals surface area contributed by atoms with E-state index in [1.54, 1.807) is 0 Å². The highest BCUT2D eigenvalue weighted by atomic mass is 32.1. The molecule has 3 heteroatoms. The largest absolute Gasteiger partial charge is 0.310 e. The van der Waals surface area contributed by atoms with Gasteiger partial charge in [-0.05, 0) is 140 Å². The molecule has 0 atom stereocenters. The minimum absolute atomic E-state index is 0.468. The average Bonchev–Trinajstić information content (AvgIpc) is 4.10. The van der Waals surface area contributed by atoms with Gasteiger partial charge in [-0.15, -0.1) is 22.7 Å². The van der Waals surface area contributed by atoms with Crippen LogP contribution in [0.2, 0.25) is 0 Å². The maximum Gasteiger partial charge on any atom is 0.0713 e. The average molecular weight is 926 g/mol. The summed E-state index contributed by atoms with van der Waals surface area (Å²) in [6.45, 7) is 0. The molecule has 0 unspecified atom stereocenters. The number of fused-ring (bicyclic) bond motifs is 9. The Morgan fingerprint density at radius 2 is 0.700 bits per heavy atom. The minimum atomic E-state index is -0.468. The fourth-order valence-electron chi connectivity index (χ4n) is 11.3. The monoisotopic (exact) mass is 925 g/mol.